The van der Waals surface area contributed by atoms with E-state index < -0.39 is 5.97 Å². The summed E-state index contributed by atoms with van der Waals surface area (Å²) in [5.74, 6) is -0.155. The molecule has 0 unspecified atom stereocenters. The molecule has 0 bridgehead atoms. The zero-order valence-electron chi connectivity index (χ0n) is 15.5. The number of nitrogens with zero attached hydrogens (tertiary/aromatic N) is 2. The third kappa shape index (κ3) is 4.77. The highest BCUT2D eigenvalue weighted by molar-refractivity contribution is 6.04. The van der Waals surface area contributed by atoms with Gasteiger partial charge in [0.1, 0.15) is 5.76 Å². The Labute approximate surface area is 158 Å². The third-order valence-corrected chi connectivity index (χ3v) is 4.46. The monoisotopic (exact) mass is 369 g/mol. The molecule has 1 aliphatic rings. The van der Waals surface area contributed by atoms with Gasteiger partial charge in [-0.3, -0.25) is 4.79 Å². The minimum Gasteiger partial charge on any atom is -0.465 e. The molecular formula is C20H23N3O4. The number of hydrogen-bond acceptors (Lipinski definition) is 6. The van der Waals surface area contributed by atoms with Crippen molar-refractivity contribution in [2.24, 2.45) is 0 Å². The van der Waals surface area contributed by atoms with Crippen molar-refractivity contribution in [2.45, 2.75) is 0 Å². The first-order valence-corrected chi connectivity index (χ1v) is 8.75. The van der Waals surface area contributed by atoms with Gasteiger partial charge >= 0.3 is 5.97 Å². The van der Waals surface area contributed by atoms with E-state index in [1.807, 2.05) is 6.07 Å². The molecule has 0 atom stereocenters. The van der Waals surface area contributed by atoms with Crippen LogP contribution in [0.5, 0.6) is 0 Å². The van der Waals surface area contributed by atoms with Gasteiger partial charge in [-0.1, -0.05) is 0 Å². The number of carbonyl (C=O) groups is 2. The lowest BCUT2D eigenvalue weighted by Crippen LogP contribution is -2.44. The SMILES string of the molecule is COC(=O)c1ccc(N2CCN(C)CC2)c(NC(=O)/C=C/c2ccco2)c1. The molecule has 0 aliphatic carbocycles. The van der Waals surface area contributed by atoms with Gasteiger partial charge in [0.25, 0.3) is 0 Å². The van der Waals surface area contributed by atoms with Crippen molar-refractivity contribution in [2.75, 3.05) is 50.6 Å². The van der Waals surface area contributed by atoms with E-state index in [9.17, 15) is 9.59 Å². The predicted molar refractivity (Wildman–Crippen MR) is 104 cm³/mol. The van der Waals surface area contributed by atoms with E-state index in [0.717, 1.165) is 31.9 Å². The first kappa shape index (κ1) is 18.7. The van der Waals surface area contributed by atoms with E-state index in [0.29, 0.717) is 17.0 Å². The summed E-state index contributed by atoms with van der Waals surface area (Å²) in [6.07, 6.45) is 4.54. The summed E-state index contributed by atoms with van der Waals surface area (Å²) in [6, 6.07) is 8.73. The van der Waals surface area contributed by atoms with Crippen LogP contribution in [0.25, 0.3) is 6.08 Å². The quantitative estimate of drug-likeness (QED) is 0.645. The second kappa shape index (κ2) is 8.55. The predicted octanol–water partition coefficient (Wildman–Crippen LogP) is 2.47. The van der Waals surface area contributed by atoms with Crippen molar-refractivity contribution in [1.29, 1.82) is 0 Å². The maximum absolute atomic E-state index is 12.4. The van der Waals surface area contributed by atoms with Gasteiger partial charge in [-0.15, -0.1) is 0 Å². The summed E-state index contributed by atoms with van der Waals surface area (Å²) in [5, 5.41) is 2.87. The van der Waals surface area contributed by atoms with Gasteiger partial charge < -0.3 is 24.3 Å². The van der Waals surface area contributed by atoms with E-state index in [1.54, 1.807) is 36.6 Å². The number of benzene rings is 1. The Morgan fingerprint density at radius 2 is 1.96 bits per heavy atom. The molecule has 1 N–H and O–H groups in total. The van der Waals surface area contributed by atoms with Crippen molar-refractivity contribution >= 4 is 29.3 Å². The second-order valence-electron chi connectivity index (χ2n) is 6.35. The lowest BCUT2D eigenvalue weighted by atomic mass is 10.1. The molecule has 27 heavy (non-hydrogen) atoms. The summed E-state index contributed by atoms with van der Waals surface area (Å²) in [7, 11) is 3.42. The maximum atomic E-state index is 12.4. The Hall–Kier alpha value is -3.06. The van der Waals surface area contributed by atoms with E-state index in [2.05, 4.69) is 22.2 Å². The molecule has 3 rings (SSSR count). The van der Waals surface area contributed by atoms with Gasteiger partial charge in [0.2, 0.25) is 5.91 Å². The Balaban J connectivity index is 1.83. The van der Waals surface area contributed by atoms with Crippen LogP contribution < -0.4 is 10.2 Å². The fourth-order valence-corrected chi connectivity index (χ4v) is 2.92. The molecule has 1 aromatic heterocycles. The normalized spacial score (nSPS) is 15.1. The molecule has 142 valence electrons. The van der Waals surface area contributed by atoms with Crippen molar-refractivity contribution in [3.05, 3.63) is 54.0 Å². The van der Waals surface area contributed by atoms with Crippen LogP contribution in [-0.2, 0) is 9.53 Å². The summed E-state index contributed by atoms with van der Waals surface area (Å²) in [5.41, 5.74) is 1.85. The Bertz CT molecular complexity index is 822. The Morgan fingerprint density at radius 3 is 2.63 bits per heavy atom. The molecule has 2 aromatic rings. The molecule has 1 aliphatic heterocycles. The average molecular weight is 369 g/mol. The van der Waals surface area contributed by atoms with Gasteiger partial charge in [0, 0.05) is 32.3 Å². The molecule has 1 aromatic carbocycles. The fraction of sp³-hybridized carbons (Fsp3) is 0.300. The molecule has 0 radical (unpaired) electrons. The highest BCUT2D eigenvalue weighted by Crippen LogP contribution is 2.28. The van der Waals surface area contributed by atoms with E-state index in [1.165, 1.54) is 13.2 Å². The van der Waals surface area contributed by atoms with Gasteiger partial charge in [-0.05, 0) is 43.5 Å². The number of amides is 1. The number of ether oxygens (including phenoxy) is 1. The lowest BCUT2D eigenvalue weighted by molar-refractivity contribution is -0.111. The number of carbonyl (C=O) groups excluding carboxylic acids is 2. The first-order valence-electron chi connectivity index (χ1n) is 8.75. The zero-order chi connectivity index (χ0) is 19.2. The van der Waals surface area contributed by atoms with Crippen molar-refractivity contribution in [1.82, 2.24) is 4.90 Å². The molecule has 0 spiro atoms. The highest BCUT2D eigenvalue weighted by atomic mass is 16.5. The van der Waals surface area contributed by atoms with Crippen LogP contribution in [0.2, 0.25) is 0 Å². The van der Waals surface area contributed by atoms with Gasteiger partial charge in [0.15, 0.2) is 0 Å². The molecule has 2 heterocycles. The average Bonchev–Trinajstić information content (AvgIpc) is 3.20. The number of methoxy groups -OCH3 is 1. The maximum Gasteiger partial charge on any atom is 0.337 e. The molecule has 7 nitrogen and oxygen atoms in total. The minimum absolute atomic E-state index is 0.302. The molecular weight excluding hydrogens is 346 g/mol. The van der Waals surface area contributed by atoms with Crippen molar-refractivity contribution in [3.8, 4) is 0 Å². The van der Waals surface area contributed by atoms with Crippen molar-refractivity contribution in [3.63, 3.8) is 0 Å². The minimum atomic E-state index is -0.443. The smallest absolute Gasteiger partial charge is 0.337 e. The number of rotatable bonds is 5. The largest absolute Gasteiger partial charge is 0.465 e. The van der Waals surface area contributed by atoms with E-state index >= 15 is 0 Å². The van der Waals surface area contributed by atoms with Gasteiger partial charge in [0.05, 0.1) is 30.3 Å². The number of piperazine rings is 1. The standard InChI is InChI=1S/C20H23N3O4/c1-22-9-11-23(12-10-22)18-7-5-15(20(25)26-2)14-17(18)21-19(24)8-6-16-4-3-13-27-16/h3-8,13-14H,9-12H2,1-2H3,(H,21,24)/b8-6+. The van der Waals surface area contributed by atoms with Crippen LogP contribution in [0.3, 0.4) is 0 Å². The molecule has 7 heteroatoms. The number of esters is 1. The number of likely N-dealkylation sites (N-methyl/N-ethyl adjacent to an activating group) is 1. The van der Waals surface area contributed by atoms with Crippen LogP contribution in [0, 0.1) is 0 Å². The summed E-state index contributed by atoms with van der Waals surface area (Å²) in [6.45, 7) is 3.56. The van der Waals surface area contributed by atoms with Crippen LogP contribution in [0.15, 0.2) is 47.1 Å². The lowest BCUT2D eigenvalue weighted by Gasteiger charge is -2.35. The number of furan rings is 1. The molecule has 1 saturated heterocycles. The Morgan fingerprint density at radius 1 is 1.19 bits per heavy atom. The van der Waals surface area contributed by atoms with Crippen LogP contribution in [-0.4, -0.2) is 57.1 Å². The van der Waals surface area contributed by atoms with Gasteiger partial charge in [-0.2, -0.15) is 0 Å². The van der Waals surface area contributed by atoms with Gasteiger partial charge in [-0.25, -0.2) is 4.79 Å². The summed E-state index contributed by atoms with van der Waals surface area (Å²) < 4.78 is 9.98. The van der Waals surface area contributed by atoms with Crippen LogP contribution in [0.1, 0.15) is 16.1 Å². The van der Waals surface area contributed by atoms with E-state index in [4.69, 9.17) is 9.15 Å². The fourth-order valence-electron chi connectivity index (χ4n) is 2.92. The molecule has 1 amide bonds. The third-order valence-electron chi connectivity index (χ3n) is 4.46. The zero-order valence-corrected chi connectivity index (χ0v) is 15.5. The number of hydrogen-bond donors (Lipinski definition) is 1. The van der Waals surface area contributed by atoms with Crippen molar-refractivity contribution < 1.29 is 18.7 Å². The Kier molecular flexibility index (Phi) is 5.93. The highest BCUT2D eigenvalue weighted by Gasteiger charge is 2.19. The van der Waals surface area contributed by atoms with Crippen LogP contribution in [0.4, 0.5) is 11.4 Å². The summed E-state index contributed by atoms with van der Waals surface area (Å²) >= 11 is 0. The molecule has 0 saturated carbocycles. The van der Waals surface area contributed by atoms with E-state index in [-0.39, 0.29) is 5.91 Å². The summed E-state index contributed by atoms with van der Waals surface area (Å²) in [4.78, 5) is 28.7. The second-order valence-corrected chi connectivity index (χ2v) is 6.35. The number of nitrogens with one attached hydrogen (secondary N) is 1. The number of anilines is 2. The topological polar surface area (TPSA) is 75.0 Å². The molecule has 1 fully saturated rings. The van der Waals surface area contributed by atoms with Crippen LogP contribution >= 0.6 is 0 Å². The first-order chi connectivity index (χ1) is 13.1.